The van der Waals surface area contributed by atoms with Gasteiger partial charge in [0.05, 0.1) is 0 Å². The van der Waals surface area contributed by atoms with Crippen LogP contribution in [0.15, 0.2) is 34.4 Å². The number of allylic oxidation sites excluding steroid dienone is 4. The molecule has 11 heavy (non-hydrogen) atoms. The van der Waals surface area contributed by atoms with E-state index in [1.165, 1.54) is 5.57 Å². The fraction of sp³-hybridized carbons (Fsp3) is 0.333. The first-order chi connectivity index (χ1) is 5.18. The maximum absolute atomic E-state index is 4.37. The van der Waals surface area contributed by atoms with Crippen molar-refractivity contribution in [1.82, 2.24) is 0 Å². The smallest absolute Gasteiger partial charge is 0.0383 e. The molecule has 1 unspecified atom stereocenters. The molecular formula is C9H11BrS. The third-order valence-corrected chi connectivity index (χ3v) is 2.44. The molecule has 0 aromatic rings. The molecule has 0 aromatic carbocycles. The van der Waals surface area contributed by atoms with Gasteiger partial charge in [-0.05, 0) is 13.3 Å². The van der Waals surface area contributed by atoms with Gasteiger partial charge in [0.15, 0.2) is 0 Å². The van der Waals surface area contributed by atoms with Gasteiger partial charge in [0.1, 0.15) is 0 Å². The zero-order valence-corrected chi connectivity index (χ0v) is 8.90. The van der Waals surface area contributed by atoms with Crippen LogP contribution in [0.3, 0.4) is 0 Å². The molecule has 1 aliphatic carbocycles. The van der Waals surface area contributed by atoms with E-state index >= 15 is 0 Å². The fourth-order valence-corrected chi connectivity index (χ4v) is 1.59. The van der Waals surface area contributed by atoms with E-state index < -0.39 is 0 Å². The molecule has 0 heterocycles. The molecule has 1 rings (SSSR count). The monoisotopic (exact) mass is 230 g/mol. The van der Waals surface area contributed by atoms with Crippen molar-refractivity contribution in [3.8, 4) is 0 Å². The average molecular weight is 231 g/mol. The zero-order chi connectivity index (χ0) is 8.27. The SMILES string of the molecule is CC1=CC(S)/C=C\C(Br)=C/C1. The average Bonchev–Trinajstić information content (AvgIpc) is 1.95. The van der Waals surface area contributed by atoms with Crippen molar-refractivity contribution >= 4 is 28.6 Å². The van der Waals surface area contributed by atoms with Gasteiger partial charge < -0.3 is 0 Å². The van der Waals surface area contributed by atoms with E-state index in [2.05, 4.69) is 53.7 Å². The Morgan fingerprint density at radius 1 is 1.64 bits per heavy atom. The third-order valence-electron chi connectivity index (χ3n) is 1.53. The van der Waals surface area contributed by atoms with Crippen molar-refractivity contribution in [3.63, 3.8) is 0 Å². The lowest BCUT2D eigenvalue weighted by Gasteiger charge is -2.04. The number of halogens is 1. The standard InChI is InChI=1S/C9H11BrS/c1-7-2-3-8(10)4-5-9(11)6-7/h3-6,9,11H,2H2,1H3/b5-4-,7-6?,8-3+. The second-order valence-electron chi connectivity index (χ2n) is 2.66. The highest BCUT2D eigenvalue weighted by molar-refractivity contribution is 9.11. The highest BCUT2D eigenvalue weighted by Crippen LogP contribution is 2.17. The van der Waals surface area contributed by atoms with Crippen LogP contribution in [0.4, 0.5) is 0 Å². The second-order valence-corrected chi connectivity index (χ2v) is 4.17. The minimum atomic E-state index is 0.260. The van der Waals surface area contributed by atoms with Crippen LogP contribution in [0.5, 0.6) is 0 Å². The highest BCUT2D eigenvalue weighted by Gasteiger charge is 1.98. The molecule has 0 amide bonds. The van der Waals surface area contributed by atoms with E-state index in [4.69, 9.17) is 0 Å². The normalized spacial score (nSPS) is 32.8. The molecule has 0 fully saturated rings. The molecule has 0 aromatic heterocycles. The van der Waals surface area contributed by atoms with Gasteiger partial charge in [0.2, 0.25) is 0 Å². The van der Waals surface area contributed by atoms with Gasteiger partial charge in [-0.15, -0.1) is 0 Å². The molecule has 1 atom stereocenters. The van der Waals surface area contributed by atoms with Crippen molar-refractivity contribution in [2.75, 3.05) is 0 Å². The maximum Gasteiger partial charge on any atom is 0.0383 e. The van der Waals surface area contributed by atoms with Gasteiger partial charge in [0.25, 0.3) is 0 Å². The Balaban J connectivity index is 2.82. The van der Waals surface area contributed by atoms with Crippen molar-refractivity contribution in [2.45, 2.75) is 18.6 Å². The van der Waals surface area contributed by atoms with Gasteiger partial charge in [-0.3, -0.25) is 0 Å². The molecular weight excluding hydrogens is 220 g/mol. The van der Waals surface area contributed by atoms with E-state index in [-0.39, 0.29) is 5.25 Å². The van der Waals surface area contributed by atoms with Crippen LogP contribution in [-0.4, -0.2) is 5.25 Å². The van der Waals surface area contributed by atoms with Gasteiger partial charge in [-0.25, -0.2) is 0 Å². The molecule has 0 saturated heterocycles. The summed E-state index contributed by atoms with van der Waals surface area (Å²) < 4.78 is 1.14. The Labute approximate surface area is 81.6 Å². The summed E-state index contributed by atoms with van der Waals surface area (Å²) in [5.41, 5.74) is 1.37. The van der Waals surface area contributed by atoms with Crippen LogP contribution >= 0.6 is 28.6 Å². The minimum Gasteiger partial charge on any atom is -0.168 e. The summed E-state index contributed by atoms with van der Waals surface area (Å²) in [6.07, 6.45) is 9.44. The Kier molecular flexibility index (Phi) is 3.46. The van der Waals surface area contributed by atoms with E-state index in [0.717, 1.165) is 10.9 Å². The molecule has 0 aliphatic heterocycles. The second kappa shape index (κ2) is 4.17. The van der Waals surface area contributed by atoms with Crippen LogP contribution in [-0.2, 0) is 0 Å². The van der Waals surface area contributed by atoms with E-state index in [9.17, 15) is 0 Å². The van der Waals surface area contributed by atoms with Gasteiger partial charge >= 0.3 is 0 Å². The Hall–Kier alpha value is 0.0500. The summed E-state index contributed by atoms with van der Waals surface area (Å²) in [6, 6.07) is 0. The Morgan fingerprint density at radius 2 is 2.36 bits per heavy atom. The van der Waals surface area contributed by atoms with Crippen LogP contribution in [0.1, 0.15) is 13.3 Å². The summed E-state index contributed by atoms with van der Waals surface area (Å²) in [4.78, 5) is 0. The summed E-state index contributed by atoms with van der Waals surface area (Å²) in [5, 5.41) is 0.260. The minimum absolute atomic E-state index is 0.260. The van der Waals surface area contributed by atoms with E-state index in [0.29, 0.717) is 0 Å². The maximum atomic E-state index is 4.37. The van der Waals surface area contributed by atoms with Crippen LogP contribution < -0.4 is 0 Å². The van der Waals surface area contributed by atoms with E-state index in [1.807, 2.05) is 6.08 Å². The molecule has 0 N–H and O–H groups in total. The molecule has 0 bridgehead atoms. The van der Waals surface area contributed by atoms with Gasteiger partial charge in [-0.1, -0.05) is 45.8 Å². The number of hydrogen-bond donors (Lipinski definition) is 1. The summed E-state index contributed by atoms with van der Waals surface area (Å²) in [6.45, 7) is 2.12. The first kappa shape index (κ1) is 9.14. The van der Waals surface area contributed by atoms with Crippen molar-refractivity contribution in [1.29, 1.82) is 0 Å². The molecule has 60 valence electrons. The summed E-state index contributed by atoms with van der Waals surface area (Å²) in [7, 11) is 0. The Bertz CT molecular complexity index is 226. The van der Waals surface area contributed by atoms with Crippen LogP contribution in [0.2, 0.25) is 0 Å². The van der Waals surface area contributed by atoms with Gasteiger partial charge in [-0.2, -0.15) is 12.6 Å². The van der Waals surface area contributed by atoms with Crippen molar-refractivity contribution in [3.05, 3.63) is 34.4 Å². The third kappa shape index (κ3) is 3.30. The van der Waals surface area contributed by atoms with Crippen LogP contribution in [0, 0.1) is 0 Å². The zero-order valence-electron chi connectivity index (χ0n) is 6.42. The topological polar surface area (TPSA) is 0 Å². The Morgan fingerprint density at radius 3 is 3.09 bits per heavy atom. The molecule has 0 nitrogen and oxygen atoms in total. The van der Waals surface area contributed by atoms with Gasteiger partial charge in [0, 0.05) is 9.73 Å². The lowest BCUT2D eigenvalue weighted by molar-refractivity contribution is 1.16. The highest BCUT2D eigenvalue weighted by atomic mass is 79.9. The van der Waals surface area contributed by atoms with Crippen molar-refractivity contribution < 1.29 is 0 Å². The fourth-order valence-electron chi connectivity index (χ4n) is 0.932. The first-order valence-corrected chi connectivity index (χ1v) is 4.88. The number of rotatable bonds is 0. The van der Waals surface area contributed by atoms with Crippen molar-refractivity contribution in [2.24, 2.45) is 0 Å². The predicted octanol–water partition coefficient (Wildman–Crippen LogP) is 3.47. The number of thiol groups is 1. The largest absolute Gasteiger partial charge is 0.168 e. The summed E-state index contributed by atoms with van der Waals surface area (Å²) >= 11 is 7.81. The molecule has 0 spiro atoms. The molecule has 1 aliphatic rings. The summed E-state index contributed by atoms with van der Waals surface area (Å²) in [5.74, 6) is 0. The molecule has 0 radical (unpaired) electrons. The molecule has 0 saturated carbocycles. The molecule has 2 heteroatoms. The van der Waals surface area contributed by atoms with E-state index in [1.54, 1.807) is 0 Å². The quantitative estimate of drug-likeness (QED) is 0.479. The van der Waals surface area contributed by atoms with Crippen LogP contribution in [0.25, 0.3) is 0 Å². The lowest BCUT2D eigenvalue weighted by atomic mass is 10.1. The number of hydrogen-bond acceptors (Lipinski definition) is 1. The predicted molar refractivity (Wildman–Crippen MR) is 57.3 cm³/mol. The lowest BCUT2D eigenvalue weighted by Crippen LogP contribution is -1.91. The first-order valence-electron chi connectivity index (χ1n) is 3.58.